The molecular formula is C7H9N3O2. The van der Waals surface area contributed by atoms with Gasteiger partial charge in [0.2, 0.25) is 6.04 Å². The Hall–Kier alpha value is -1.62. The SMILES string of the molecule is N#CCCC(CCC#N)[N+](=O)[O-]. The Balaban J connectivity index is 3.82. The van der Waals surface area contributed by atoms with Crippen molar-refractivity contribution in [2.75, 3.05) is 0 Å². The molecule has 0 fully saturated rings. The fraction of sp³-hybridized carbons (Fsp3) is 0.714. The number of rotatable bonds is 5. The van der Waals surface area contributed by atoms with Gasteiger partial charge in [-0.15, -0.1) is 0 Å². The minimum absolute atomic E-state index is 0.178. The maximum atomic E-state index is 10.3. The molecule has 0 heterocycles. The monoisotopic (exact) mass is 167 g/mol. The highest BCUT2D eigenvalue weighted by molar-refractivity contribution is 4.76. The van der Waals surface area contributed by atoms with E-state index < -0.39 is 11.0 Å². The summed E-state index contributed by atoms with van der Waals surface area (Å²) in [6, 6.07) is 2.95. The zero-order valence-corrected chi connectivity index (χ0v) is 6.56. The fourth-order valence-electron chi connectivity index (χ4n) is 0.817. The molecule has 0 aromatic carbocycles. The van der Waals surface area contributed by atoms with Gasteiger partial charge < -0.3 is 0 Å². The molecule has 0 bridgehead atoms. The largest absolute Gasteiger partial charge is 0.264 e. The normalized spacial score (nSPS) is 8.92. The first-order chi connectivity index (χ1) is 5.72. The molecule has 0 aliphatic carbocycles. The Morgan fingerprint density at radius 3 is 1.92 bits per heavy atom. The third-order valence-electron chi connectivity index (χ3n) is 1.48. The van der Waals surface area contributed by atoms with E-state index in [1.165, 1.54) is 0 Å². The first-order valence-corrected chi connectivity index (χ1v) is 3.59. The number of nitro groups is 1. The van der Waals surface area contributed by atoms with Gasteiger partial charge in [-0.25, -0.2) is 0 Å². The number of hydrogen-bond donors (Lipinski definition) is 0. The van der Waals surface area contributed by atoms with Gasteiger partial charge in [-0.3, -0.25) is 10.1 Å². The Kier molecular flexibility index (Phi) is 5.29. The second-order valence-corrected chi connectivity index (χ2v) is 2.33. The lowest BCUT2D eigenvalue weighted by Gasteiger charge is -2.03. The summed E-state index contributed by atoms with van der Waals surface area (Å²) in [4.78, 5) is 9.88. The molecule has 12 heavy (non-hydrogen) atoms. The molecule has 5 nitrogen and oxygen atoms in total. The number of nitrogens with zero attached hydrogens (tertiary/aromatic N) is 3. The molecule has 0 aromatic rings. The van der Waals surface area contributed by atoms with Crippen molar-refractivity contribution in [3.8, 4) is 12.1 Å². The molecule has 0 spiro atoms. The Morgan fingerprint density at radius 1 is 1.25 bits per heavy atom. The average Bonchev–Trinajstić information content (AvgIpc) is 2.04. The van der Waals surface area contributed by atoms with Crippen LogP contribution in [0, 0.1) is 32.8 Å². The van der Waals surface area contributed by atoms with E-state index in [0.29, 0.717) is 0 Å². The Bertz CT molecular complexity index is 208. The summed E-state index contributed by atoms with van der Waals surface area (Å²) in [5, 5.41) is 26.7. The van der Waals surface area contributed by atoms with Crippen LogP contribution in [-0.2, 0) is 0 Å². The molecule has 0 atom stereocenters. The van der Waals surface area contributed by atoms with Crippen LogP contribution in [0.2, 0.25) is 0 Å². The lowest BCUT2D eigenvalue weighted by Crippen LogP contribution is -2.18. The van der Waals surface area contributed by atoms with E-state index >= 15 is 0 Å². The van der Waals surface area contributed by atoms with E-state index in [1.807, 2.05) is 12.1 Å². The zero-order valence-electron chi connectivity index (χ0n) is 6.56. The van der Waals surface area contributed by atoms with Crippen LogP contribution in [0.1, 0.15) is 25.7 Å². The smallest absolute Gasteiger partial charge is 0.215 e. The van der Waals surface area contributed by atoms with Crippen LogP contribution >= 0.6 is 0 Å². The third-order valence-corrected chi connectivity index (χ3v) is 1.48. The summed E-state index contributed by atoms with van der Waals surface area (Å²) < 4.78 is 0. The molecule has 0 N–H and O–H groups in total. The summed E-state index contributed by atoms with van der Waals surface area (Å²) in [6.07, 6.45) is 0.838. The van der Waals surface area contributed by atoms with Crippen LogP contribution in [-0.4, -0.2) is 11.0 Å². The second kappa shape index (κ2) is 6.11. The molecule has 0 saturated carbocycles. The molecule has 0 unspecified atom stereocenters. The molecule has 0 aromatic heterocycles. The van der Waals surface area contributed by atoms with Gasteiger partial charge in [0.25, 0.3) is 0 Å². The molecule has 0 saturated heterocycles. The quantitative estimate of drug-likeness (QED) is 0.455. The van der Waals surface area contributed by atoms with Crippen LogP contribution in [0.25, 0.3) is 0 Å². The summed E-state index contributed by atoms with van der Waals surface area (Å²) in [7, 11) is 0. The predicted molar refractivity (Wildman–Crippen MR) is 40.5 cm³/mol. The van der Waals surface area contributed by atoms with Crippen molar-refractivity contribution >= 4 is 0 Å². The standard InChI is InChI=1S/C7H9N3O2/c8-5-1-3-7(10(11)12)4-2-6-9/h7H,1-4H2. The average molecular weight is 167 g/mol. The van der Waals surface area contributed by atoms with Crippen LogP contribution in [0.5, 0.6) is 0 Å². The highest BCUT2D eigenvalue weighted by Crippen LogP contribution is 2.07. The van der Waals surface area contributed by atoms with Crippen molar-refractivity contribution in [1.29, 1.82) is 10.5 Å². The zero-order chi connectivity index (χ0) is 9.40. The van der Waals surface area contributed by atoms with Crippen LogP contribution in [0.4, 0.5) is 0 Å². The van der Waals surface area contributed by atoms with E-state index in [1.54, 1.807) is 0 Å². The van der Waals surface area contributed by atoms with Gasteiger partial charge in [0.15, 0.2) is 0 Å². The highest BCUT2D eigenvalue weighted by Gasteiger charge is 2.18. The van der Waals surface area contributed by atoms with E-state index in [4.69, 9.17) is 10.5 Å². The van der Waals surface area contributed by atoms with Crippen LogP contribution < -0.4 is 0 Å². The van der Waals surface area contributed by atoms with Gasteiger partial charge in [-0.05, 0) is 0 Å². The lowest BCUT2D eigenvalue weighted by atomic mass is 10.1. The molecule has 64 valence electrons. The van der Waals surface area contributed by atoms with E-state index in [0.717, 1.165) is 0 Å². The van der Waals surface area contributed by atoms with Crippen molar-refractivity contribution < 1.29 is 4.92 Å². The highest BCUT2D eigenvalue weighted by atomic mass is 16.6. The van der Waals surface area contributed by atoms with Gasteiger partial charge >= 0.3 is 0 Å². The number of nitriles is 2. The van der Waals surface area contributed by atoms with E-state index in [-0.39, 0.29) is 25.7 Å². The first kappa shape index (κ1) is 10.4. The first-order valence-electron chi connectivity index (χ1n) is 3.59. The lowest BCUT2D eigenvalue weighted by molar-refractivity contribution is -0.524. The van der Waals surface area contributed by atoms with Crippen molar-refractivity contribution in [2.24, 2.45) is 0 Å². The number of hydrogen-bond acceptors (Lipinski definition) is 4. The summed E-state index contributed by atoms with van der Waals surface area (Å²) >= 11 is 0. The van der Waals surface area contributed by atoms with Crippen molar-refractivity contribution in [2.45, 2.75) is 31.7 Å². The maximum absolute atomic E-state index is 10.3. The van der Waals surface area contributed by atoms with E-state index in [9.17, 15) is 10.1 Å². The minimum atomic E-state index is -0.732. The molecular weight excluding hydrogens is 158 g/mol. The van der Waals surface area contributed by atoms with Crippen LogP contribution in [0.3, 0.4) is 0 Å². The molecule has 0 radical (unpaired) electrons. The second-order valence-electron chi connectivity index (χ2n) is 2.33. The van der Waals surface area contributed by atoms with E-state index in [2.05, 4.69) is 0 Å². The van der Waals surface area contributed by atoms with Crippen LogP contribution in [0.15, 0.2) is 0 Å². The summed E-state index contributed by atoms with van der Waals surface area (Å²) in [5.41, 5.74) is 0. The van der Waals surface area contributed by atoms with Crippen molar-refractivity contribution in [3.63, 3.8) is 0 Å². The molecule has 0 aliphatic heterocycles. The van der Waals surface area contributed by atoms with Gasteiger partial charge in [0, 0.05) is 30.6 Å². The fourth-order valence-corrected chi connectivity index (χ4v) is 0.817. The summed E-state index contributed by atoms with van der Waals surface area (Å²) in [5.74, 6) is 0. The third kappa shape index (κ3) is 4.24. The van der Waals surface area contributed by atoms with Crippen molar-refractivity contribution in [1.82, 2.24) is 0 Å². The van der Waals surface area contributed by atoms with Gasteiger partial charge in [-0.1, -0.05) is 0 Å². The maximum Gasteiger partial charge on any atom is 0.215 e. The molecule has 0 amide bonds. The van der Waals surface area contributed by atoms with Gasteiger partial charge in [-0.2, -0.15) is 10.5 Å². The van der Waals surface area contributed by atoms with Crippen molar-refractivity contribution in [3.05, 3.63) is 10.1 Å². The summed E-state index contributed by atoms with van der Waals surface area (Å²) in [6.45, 7) is 0. The molecule has 0 rings (SSSR count). The molecule has 0 aliphatic rings. The molecule has 5 heteroatoms. The Morgan fingerprint density at radius 2 is 1.67 bits per heavy atom. The van der Waals surface area contributed by atoms with Gasteiger partial charge in [0.05, 0.1) is 12.1 Å². The Labute approximate surface area is 70.4 Å². The minimum Gasteiger partial charge on any atom is -0.264 e. The topological polar surface area (TPSA) is 90.7 Å². The van der Waals surface area contributed by atoms with Gasteiger partial charge in [0.1, 0.15) is 0 Å². The predicted octanol–water partition coefficient (Wildman–Crippen LogP) is 1.24.